The third-order valence-corrected chi connectivity index (χ3v) is 5.01. The molecule has 0 bridgehead atoms. The molecule has 1 saturated heterocycles. The van der Waals surface area contributed by atoms with Crippen molar-refractivity contribution in [3.8, 4) is 0 Å². The maximum Gasteiger partial charge on any atom is 0.263 e. The van der Waals surface area contributed by atoms with Gasteiger partial charge in [0.15, 0.2) is 5.65 Å². The number of fused-ring (bicyclic) bond motifs is 1. The molecule has 1 aromatic carbocycles. The van der Waals surface area contributed by atoms with Crippen LogP contribution in [0.15, 0.2) is 35.3 Å². The highest BCUT2D eigenvalue weighted by Crippen LogP contribution is 2.22. The Morgan fingerprint density at radius 3 is 2.44 bits per heavy atom. The van der Waals surface area contributed by atoms with Gasteiger partial charge < -0.3 is 9.80 Å². The predicted octanol–water partition coefficient (Wildman–Crippen LogP) is 2.51. The van der Waals surface area contributed by atoms with Gasteiger partial charge in [0.25, 0.3) is 5.56 Å². The van der Waals surface area contributed by atoms with Gasteiger partial charge in [0.2, 0.25) is 5.95 Å². The number of hydrogen-bond donors (Lipinski definition) is 1. The van der Waals surface area contributed by atoms with E-state index in [9.17, 15) is 4.79 Å². The number of aromatic amines is 1. The molecule has 0 saturated carbocycles. The first kappa shape index (κ1) is 17.6. The van der Waals surface area contributed by atoms with E-state index >= 15 is 0 Å². The quantitative estimate of drug-likeness (QED) is 0.755. The van der Waals surface area contributed by atoms with E-state index in [0.29, 0.717) is 17.0 Å². The molecular formula is C20H26N6O. The van der Waals surface area contributed by atoms with Crippen LogP contribution in [-0.2, 0) is 5.54 Å². The number of piperazine rings is 1. The molecule has 4 rings (SSSR count). The van der Waals surface area contributed by atoms with Crippen LogP contribution in [0.4, 0.5) is 11.6 Å². The van der Waals surface area contributed by atoms with Gasteiger partial charge in [-0.2, -0.15) is 10.1 Å². The second-order valence-corrected chi connectivity index (χ2v) is 8.17. The summed E-state index contributed by atoms with van der Waals surface area (Å²) in [6.45, 7) is 11.7. The lowest BCUT2D eigenvalue weighted by molar-refractivity contribution is 0.366. The monoisotopic (exact) mass is 366 g/mol. The smallest absolute Gasteiger partial charge is 0.263 e. The third-order valence-electron chi connectivity index (χ3n) is 5.01. The second kappa shape index (κ2) is 6.40. The first-order valence-corrected chi connectivity index (χ1v) is 9.38. The van der Waals surface area contributed by atoms with Crippen molar-refractivity contribution in [2.24, 2.45) is 0 Å². The molecule has 0 atom stereocenters. The Morgan fingerprint density at radius 2 is 1.78 bits per heavy atom. The van der Waals surface area contributed by atoms with Crippen LogP contribution in [0.2, 0.25) is 0 Å². The number of nitrogens with one attached hydrogen (secondary N) is 1. The zero-order valence-corrected chi connectivity index (χ0v) is 16.4. The van der Waals surface area contributed by atoms with Gasteiger partial charge in [-0.3, -0.25) is 9.78 Å². The van der Waals surface area contributed by atoms with Crippen LogP contribution >= 0.6 is 0 Å². The number of benzene rings is 1. The van der Waals surface area contributed by atoms with Crippen molar-refractivity contribution >= 4 is 22.7 Å². The van der Waals surface area contributed by atoms with Gasteiger partial charge >= 0.3 is 0 Å². The number of aryl methyl sites for hydroxylation is 1. The molecule has 0 amide bonds. The molecular weight excluding hydrogens is 340 g/mol. The topological polar surface area (TPSA) is 70.1 Å². The lowest BCUT2D eigenvalue weighted by atomic mass is 10.1. The summed E-state index contributed by atoms with van der Waals surface area (Å²) >= 11 is 0. The van der Waals surface area contributed by atoms with E-state index in [0.717, 1.165) is 26.2 Å². The zero-order chi connectivity index (χ0) is 19.2. The van der Waals surface area contributed by atoms with Crippen LogP contribution in [-0.4, -0.2) is 45.9 Å². The Kier molecular flexibility index (Phi) is 4.17. The van der Waals surface area contributed by atoms with Crippen molar-refractivity contribution in [1.29, 1.82) is 0 Å². The normalized spacial score (nSPS) is 15.6. The van der Waals surface area contributed by atoms with Gasteiger partial charge in [-0.25, -0.2) is 4.68 Å². The summed E-state index contributed by atoms with van der Waals surface area (Å²) in [5.41, 5.74) is 2.79. The lowest BCUT2D eigenvalue weighted by Crippen LogP contribution is -2.47. The van der Waals surface area contributed by atoms with Crippen molar-refractivity contribution in [2.75, 3.05) is 36.0 Å². The summed E-state index contributed by atoms with van der Waals surface area (Å²) in [6, 6.07) is 8.57. The van der Waals surface area contributed by atoms with E-state index in [-0.39, 0.29) is 11.1 Å². The Labute approximate surface area is 158 Å². The molecule has 27 heavy (non-hydrogen) atoms. The Bertz CT molecular complexity index is 1020. The highest BCUT2D eigenvalue weighted by molar-refractivity contribution is 5.74. The van der Waals surface area contributed by atoms with Crippen LogP contribution in [0.1, 0.15) is 26.3 Å². The maximum atomic E-state index is 12.5. The molecule has 3 aromatic rings. The molecule has 1 aliphatic heterocycles. The zero-order valence-electron chi connectivity index (χ0n) is 16.4. The SMILES string of the molecule is Cc1cccc(N2CCN(c3nc4c(cnn4C(C)(C)C)c(=O)[nH]3)CC2)c1. The van der Waals surface area contributed by atoms with Gasteiger partial charge in [-0.1, -0.05) is 12.1 Å². The highest BCUT2D eigenvalue weighted by Gasteiger charge is 2.23. The van der Waals surface area contributed by atoms with Gasteiger partial charge in [0.1, 0.15) is 5.39 Å². The van der Waals surface area contributed by atoms with E-state index in [1.54, 1.807) is 6.20 Å². The van der Waals surface area contributed by atoms with Gasteiger partial charge in [0.05, 0.1) is 11.7 Å². The van der Waals surface area contributed by atoms with Gasteiger partial charge in [-0.05, 0) is 45.4 Å². The summed E-state index contributed by atoms with van der Waals surface area (Å²) in [4.78, 5) is 24.7. The fraction of sp³-hybridized carbons (Fsp3) is 0.450. The molecule has 1 aliphatic rings. The summed E-state index contributed by atoms with van der Waals surface area (Å²) in [5, 5.41) is 4.92. The summed E-state index contributed by atoms with van der Waals surface area (Å²) in [7, 11) is 0. The fourth-order valence-corrected chi connectivity index (χ4v) is 3.55. The van der Waals surface area contributed by atoms with Crippen molar-refractivity contribution in [1.82, 2.24) is 19.7 Å². The van der Waals surface area contributed by atoms with Crippen molar-refractivity contribution in [3.05, 3.63) is 46.4 Å². The minimum absolute atomic E-state index is 0.133. The molecule has 0 unspecified atom stereocenters. The van der Waals surface area contributed by atoms with Crippen LogP contribution in [0, 0.1) is 6.92 Å². The molecule has 142 valence electrons. The Balaban J connectivity index is 1.60. The number of anilines is 2. The molecule has 0 aliphatic carbocycles. The van der Waals surface area contributed by atoms with E-state index in [2.05, 4.69) is 71.8 Å². The molecule has 1 fully saturated rings. The minimum atomic E-state index is -0.232. The van der Waals surface area contributed by atoms with E-state index in [4.69, 9.17) is 4.98 Å². The molecule has 0 spiro atoms. The molecule has 1 N–H and O–H groups in total. The van der Waals surface area contributed by atoms with Crippen LogP contribution < -0.4 is 15.4 Å². The largest absolute Gasteiger partial charge is 0.368 e. The lowest BCUT2D eigenvalue weighted by Gasteiger charge is -2.36. The summed E-state index contributed by atoms with van der Waals surface area (Å²) in [5.74, 6) is 0.627. The standard InChI is InChI=1S/C20H26N6O/c1-14-6-5-7-15(12-14)24-8-10-25(11-9-24)19-22-17-16(18(27)23-19)13-21-26(17)20(2,3)4/h5-7,12-13H,8-11H2,1-4H3,(H,22,23,27). The summed E-state index contributed by atoms with van der Waals surface area (Å²) in [6.07, 6.45) is 1.60. The Morgan fingerprint density at radius 1 is 1.07 bits per heavy atom. The first-order chi connectivity index (χ1) is 12.8. The van der Waals surface area contributed by atoms with E-state index < -0.39 is 0 Å². The number of rotatable bonds is 2. The van der Waals surface area contributed by atoms with Crippen molar-refractivity contribution in [3.63, 3.8) is 0 Å². The minimum Gasteiger partial charge on any atom is -0.368 e. The summed E-state index contributed by atoms with van der Waals surface area (Å²) < 4.78 is 1.82. The average molecular weight is 366 g/mol. The molecule has 0 radical (unpaired) electrons. The van der Waals surface area contributed by atoms with Gasteiger partial charge in [0, 0.05) is 31.9 Å². The van der Waals surface area contributed by atoms with Gasteiger partial charge in [-0.15, -0.1) is 0 Å². The molecule has 2 aromatic heterocycles. The highest BCUT2D eigenvalue weighted by atomic mass is 16.1. The van der Waals surface area contributed by atoms with Crippen LogP contribution in [0.5, 0.6) is 0 Å². The van der Waals surface area contributed by atoms with Crippen molar-refractivity contribution in [2.45, 2.75) is 33.2 Å². The maximum absolute atomic E-state index is 12.5. The van der Waals surface area contributed by atoms with E-state index in [1.165, 1.54) is 11.3 Å². The molecule has 7 nitrogen and oxygen atoms in total. The average Bonchev–Trinajstić information content (AvgIpc) is 3.07. The first-order valence-electron chi connectivity index (χ1n) is 9.38. The number of aromatic nitrogens is 4. The second-order valence-electron chi connectivity index (χ2n) is 8.17. The number of nitrogens with zero attached hydrogens (tertiary/aromatic N) is 5. The van der Waals surface area contributed by atoms with Crippen LogP contribution in [0.25, 0.3) is 11.0 Å². The predicted molar refractivity (Wildman–Crippen MR) is 109 cm³/mol. The Hall–Kier alpha value is -2.83. The number of hydrogen-bond acceptors (Lipinski definition) is 5. The van der Waals surface area contributed by atoms with Crippen molar-refractivity contribution < 1.29 is 0 Å². The number of H-pyrrole nitrogens is 1. The molecule has 3 heterocycles. The fourth-order valence-electron chi connectivity index (χ4n) is 3.55. The third kappa shape index (κ3) is 3.29. The van der Waals surface area contributed by atoms with E-state index in [1.807, 2.05) is 4.68 Å². The van der Waals surface area contributed by atoms with Crippen LogP contribution in [0.3, 0.4) is 0 Å². The molecule has 7 heteroatoms.